The maximum atomic E-state index is 9.60. The van der Waals surface area contributed by atoms with Crippen LogP contribution >= 0.6 is 11.8 Å². The number of rotatable bonds is 5. The zero-order valence-electron chi connectivity index (χ0n) is 10.9. The van der Waals surface area contributed by atoms with E-state index >= 15 is 0 Å². The molecule has 96 valence electrons. The molecule has 1 rings (SSSR count). The van der Waals surface area contributed by atoms with Crippen molar-refractivity contribution in [2.45, 2.75) is 75.5 Å². The minimum absolute atomic E-state index is 0.199. The first-order valence-corrected chi connectivity index (χ1v) is 7.66. The summed E-state index contributed by atoms with van der Waals surface area (Å²) < 4.78 is 0. The molecule has 0 spiro atoms. The van der Waals surface area contributed by atoms with Crippen molar-refractivity contribution in [2.75, 3.05) is 6.54 Å². The predicted molar refractivity (Wildman–Crippen MR) is 73.1 cm³/mol. The van der Waals surface area contributed by atoms with Crippen molar-refractivity contribution in [3.05, 3.63) is 0 Å². The average Bonchev–Trinajstić information content (AvgIpc) is 2.45. The van der Waals surface area contributed by atoms with Crippen LogP contribution < -0.4 is 5.32 Å². The Morgan fingerprint density at radius 1 is 1.25 bits per heavy atom. The van der Waals surface area contributed by atoms with Crippen LogP contribution in [0.3, 0.4) is 0 Å². The van der Waals surface area contributed by atoms with E-state index in [1.165, 1.54) is 32.1 Å². The fourth-order valence-electron chi connectivity index (χ4n) is 2.32. The number of aliphatic hydroxyl groups is 1. The Morgan fingerprint density at radius 3 is 2.56 bits per heavy atom. The third kappa shape index (κ3) is 4.64. The highest BCUT2D eigenvalue weighted by Gasteiger charge is 2.26. The monoisotopic (exact) mass is 245 g/mol. The Bertz CT molecular complexity index is 187. The predicted octanol–water partition coefficient (Wildman–Crippen LogP) is 2.80. The highest BCUT2D eigenvalue weighted by molar-refractivity contribution is 8.00. The summed E-state index contributed by atoms with van der Waals surface area (Å²) in [6, 6.07) is 0.652. The third-order valence-electron chi connectivity index (χ3n) is 3.49. The molecule has 4 atom stereocenters. The molecule has 0 aliphatic heterocycles. The van der Waals surface area contributed by atoms with E-state index in [4.69, 9.17) is 0 Å². The van der Waals surface area contributed by atoms with Crippen LogP contribution in [0, 0.1) is 0 Å². The molecule has 0 aromatic rings. The molecule has 0 amide bonds. The molecular formula is C13H27NOS. The fourth-order valence-corrected chi connectivity index (χ4v) is 3.83. The third-order valence-corrected chi connectivity index (χ3v) is 5.22. The SMILES string of the molecule is CCNC1CCCCCC1SC(C)C(C)O. The molecule has 4 unspecified atom stereocenters. The van der Waals surface area contributed by atoms with Crippen LogP contribution in [-0.4, -0.2) is 34.3 Å². The first kappa shape index (κ1) is 14.3. The molecule has 1 aliphatic carbocycles. The van der Waals surface area contributed by atoms with Gasteiger partial charge in [-0.05, 0) is 26.3 Å². The van der Waals surface area contributed by atoms with Crippen LogP contribution in [0.15, 0.2) is 0 Å². The molecule has 16 heavy (non-hydrogen) atoms. The molecule has 2 nitrogen and oxygen atoms in total. The molecular weight excluding hydrogens is 218 g/mol. The lowest BCUT2D eigenvalue weighted by molar-refractivity contribution is 0.196. The quantitative estimate of drug-likeness (QED) is 0.731. The van der Waals surface area contributed by atoms with E-state index < -0.39 is 0 Å². The Labute approximate surface area is 105 Å². The molecule has 0 saturated heterocycles. The zero-order valence-corrected chi connectivity index (χ0v) is 11.7. The van der Waals surface area contributed by atoms with Gasteiger partial charge in [0, 0.05) is 16.5 Å². The number of aliphatic hydroxyl groups excluding tert-OH is 1. The lowest BCUT2D eigenvalue weighted by atomic mass is 10.1. The number of hydrogen-bond acceptors (Lipinski definition) is 3. The maximum absolute atomic E-state index is 9.60. The van der Waals surface area contributed by atoms with Gasteiger partial charge in [-0.3, -0.25) is 0 Å². The van der Waals surface area contributed by atoms with Crippen LogP contribution in [0.25, 0.3) is 0 Å². The van der Waals surface area contributed by atoms with Gasteiger partial charge in [-0.15, -0.1) is 0 Å². The first-order chi connectivity index (χ1) is 7.65. The second-order valence-electron chi connectivity index (χ2n) is 4.92. The van der Waals surface area contributed by atoms with E-state index in [1.54, 1.807) is 0 Å². The summed E-state index contributed by atoms with van der Waals surface area (Å²) in [5.41, 5.74) is 0. The number of thioether (sulfide) groups is 1. The Hall–Kier alpha value is 0.270. The van der Waals surface area contributed by atoms with Crippen molar-refractivity contribution in [1.82, 2.24) is 5.32 Å². The lowest BCUT2D eigenvalue weighted by Gasteiger charge is -2.28. The summed E-state index contributed by atoms with van der Waals surface area (Å²) in [5, 5.41) is 14.3. The molecule has 1 saturated carbocycles. The summed E-state index contributed by atoms with van der Waals surface area (Å²) in [7, 11) is 0. The summed E-state index contributed by atoms with van der Waals surface area (Å²) in [6.45, 7) is 7.29. The van der Waals surface area contributed by atoms with E-state index in [0.717, 1.165) is 6.54 Å². The average molecular weight is 245 g/mol. The summed E-state index contributed by atoms with van der Waals surface area (Å²) in [6.07, 6.45) is 6.50. The topological polar surface area (TPSA) is 32.3 Å². The highest BCUT2D eigenvalue weighted by atomic mass is 32.2. The molecule has 3 heteroatoms. The van der Waals surface area contributed by atoms with Crippen LogP contribution in [0.5, 0.6) is 0 Å². The zero-order chi connectivity index (χ0) is 12.0. The Balaban J connectivity index is 2.50. The molecule has 2 N–H and O–H groups in total. The van der Waals surface area contributed by atoms with Gasteiger partial charge in [0.05, 0.1) is 6.10 Å². The standard InChI is InChI=1S/C13H27NOS/c1-4-14-12-8-6-5-7-9-13(12)16-11(3)10(2)15/h10-15H,4-9H2,1-3H3. The van der Waals surface area contributed by atoms with Gasteiger partial charge in [0.2, 0.25) is 0 Å². The minimum Gasteiger partial charge on any atom is -0.392 e. The van der Waals surface area contributed by atoms with Crippen LogP contribution in [0.1, 0.15) is 52.9 Å². The van der Waals surface area contributed by atoms with Crippen LogP contribution in [0.2, 0.25) is 0 Å². The molecule has 0 aromatic heterocycles. The Kier molecular flexibility index (Phi) is 6.78. The van der Waals surface area contributed by atoms with Gasteiger partial charge in [0.25, 0.3) is 0 Å². The van der Waals surface area contributed by atoms with Crippen molar-refractivity contribution in [2.24, 2.45) is 0 Å². The fraction of sp³-hybridized carbons (Fsp3) is 1.00. The van der Waals surface area contributed by atoms with E-state index in [0.29, 0.717) is 16.5 Å². The van der Waals surface area contributed by atoms with E-state index in [9.17, 15) is 5.11 Å². The van der Waals surface area contributed by atoms with Crippen LogP contribution in [0.4, 0.5) is 0 Å². The van der Waals surface area contributed by atoms with Crippen molar-refractivity contribution >= 4 is 11.8 Å². The largest absolute Gasteiger partial charge is 0.392 e. The van der Waals surface area contributed by atoms with E-state index in [2.05, 4.69) is 19.2 Å². The highest BCUT2D eigenvalue weighted by Crippen LogP contribution is 2.31. The van der Waals surface area contributed by atoms with E-state index in [-0.39, 0.29) is 6.10 Å². The summed E-state index contributed by atoms with van der Waals surface area (Å²) >= 11 is 1.98. The Morgan fingerprint density at radius 2 is 1.94 bits per heavy atom. The lowest BCUT2D eigenvalue weighted by Crippen LogP contribution is -2.38. The molecule has 1 aliphatic rings. The van der Waals surface area contributed by atoms with Gasteiger partial charge in [-0.25, -0.2) is 0 Å². The molecule has 1 fully saturated rings. The second kappa shape index (κ2) is 7.57. The van der Waals surface area contributed by atoms with Gasteiger partial charge in [-0.2, -0.15) is 11.8 Å². The molecule has 0 aromatic carbocycles. The van der Waals surface area contributed by atoms with Crippen molar-refractivity contribution in [3.63, 3.8) is 0 Å². The van der Waals surface area contributed by atoms with Crippen molar-refractivity contribution in [1.29, 1.82) is 0 Å². The first-order valence-electron chi connectivity index (χ1n) is 6.72. The molecule has 0 bridgehead atoms. The van der Waals surface area contributed by atoms with Crippen molar-refractivity contribution in [3.8, 4) is 0 Å². The number of nitrogens with one attached hydrogen (secondary N) is 1. The van der Waals surface area contributed by atoms with Gasteiger partial charge >= 0.3 is 0 Å². The van der Waals surface area contributed by atoms with Gasteiger partial charge in [-0.1, -0.05) is 33.1 Å². The molecule has 0 heterocycles. The van der Waals surface area contributed by atoms with Gasteiger partial charge in [0.1, 0.15) is 0 Å². The van der Waals surface area contributed by atoms with Gasteiger partial charge in [0.15, 0.2) is 0 Å². The summed E-state index contributed by atoms with van der Waals surface area (Å²) in [4.78, 5) is 0. The number of hydrogen-bond donors (Lipinski definition) is 2. The molecule has 0 radical (unpaired) electrons. The van der Waals surface area contributed by atoms with Crippen molar-refractivity contribution < 1.29 is 5.11 Å². The maximum Gasteiger partial charge on any atom is 0.0628 e. The van der Waals surface area contributed by atoms with Crippen LogP contribution in [-0.2, 0) is 0 Å². The summed E-state index contributed by atoms with van der Waals surface area (Å²) in [5.74, 6) is 0. The minimum atomic E-state index is -0.199. The van der Waals surface area contributed by atoms with E-state index in [1.807, 2.05) is 18.7 Å². The normalized spacial score (nSPS) is 30.8. The van der Waals surface area contributed by atoms with Gasteiger partial charge < -0.3 is 10.4 Å². The second-order valence-corrected chi connectivity index (χ2v) is 6.54. The smallest absolute Gasteiger partial charge is 0.0628 e.